The molecule has 1 aliphatic carbocycles. The molecule has 0 N–H and O–H groups in total. The molecule has 2 aromatic heterocycles. The van der Waals surface area contributed by atoms with Crippen molar-refractivity contribution in [3.05, 3.63) is 82.2 Å². The van der Waals surface area contributed by atoms with E-state index in [0.717, 1.165) is 50.3 Å². The highest BCUT2D eigenvalue weighted by Crippen LogP contribution is 2.45. The van der Waals surface area contributed by atoms with Gasteiger partial charge in [-0.05, 0) is 79.0 Å². The fourth-order valence-corrected chi connectivity index (χ4v) is 6.09. The Hall–Kier alpha value is -2.16. The highest BCUT2D eigenvalue weighted by Gasteiger charge is 2.34. The van der Waals surface area contributed by atoms with Crippen LogP contribution in [0.15, 0.2) is 49.1 Å². The predicted molar refractivity (Wildman–Crippen MR) is 142 cm³/mol. The number of hydrogen-bond acceptors (Lipinski definition) is 6. The van der Waals surface area contributed by atoms with E-state index in [1.807, 2.05) is 24.8 Å². The fourth-order valence-electron chi connectivity index (χ4n) is 5.41. The van der Waals surface area contributed by atoms with Gasteiger partial charge in [0.2, 0.25) is 0 Å². The summed E-state index contributed by atoms with van der Waals surface area (Å²) in [7, 11) is 1.54. The number of imidazole rings is 1. The molecule has 6 nitrogen and oxygen atoms in total. The summed E-state index contributed by atoms with van der Waals surface area (Å²) < 4.78 is 9.53. The molecule has 3 aromatic rings. The van der Waals surface area contributed by atoms with E-state index in [9.17, 15) is 0 Å². The van der Waals surface area contributed by atoms with E-state index in [1.54, 1.807) is 0 Å². The zero-order chi connectivity index (χ0) is 24.2. The molecule has 35 heavy (non-hydrogen) atoms. The number of aryl methyl sites for hydroxylation is 2. The van der Waals surface area contributed by atoms with Gasteiger partial charge in [-0.1, -0.05) is 29.8 Å². The van der Waals surface area contributed by atoms with E-state index in [0.29, 0.717) is 5.92 Å². The minimum atomic E-state index is 0.235. The minimum Gasteiger partial charge on any atom is -0.335 e. The van der Waals surface area contributed by atoms with Gasteiger partial charge < -0.3 is 4.57 Å². The van der Waals surface area contributed by atoms with Crippen molar-refractivity contribution in [3.8, 4) is 0 Å². The molecule has 1 fully saturated rings. The van der Waals surface area contributed by atoms with Gasteiger partial charge in [-0.3, -0.25) is 4.98 Å². The molecule has 0 saturated carbocycles. The van der Waals surface area contributed by atoms with E-state index >= 15 is 0 Å². The number of pyridine rings is 1. The zero-order valence-corrected chi connectivity index (χ0v) is 21.8. The van der Waals surface area contributed by atoms with Crippen LogP contribution >= 0.6 is 23.8 Å². The lowest BCUT2D eigenvalue weighted by Crippen LogP contribution is -2.32. The lowest BCUT2D eigenvalue weighted by molar-refractivity contribution is -0.163. The molecule has 3 heterocycles. The molecule has 8 heteroatoms. The van der Waals surface area contributed by atoms with Crippen LogP contribution in [0.4, 0.5) is 0 Å². The smallest absolute Gasteiger partial charge is 0.121 e. The van der Waals surface area contributed by atoms with Crippen molar-refractivity contribution in [2.75, 3.05) is 20.2 Å². The van der Waals surface area contributed by atoms with Gasteiger partial charge in [-0.25, -0.2) is 14.2 Å². The number of nitrogens with zero attached hydrogens (tertiary/aromatic N) is 4. The maximum atomic E-state index is 6.49. The average Bonchev–Trinajstić information content (AvgIpc) is 3.23. The van der Waals surface area contributed by atoms with Crippen molar-refractivity contribution in [1.29, 1.82) is 0 Å². The number of hydrogen-bond donors (Lipinski definition) is 0. The summed E-state index contributed by atoms with van der Waals surface area (Å²) >= 11 is 7.78. The minimum absolute atomic E-state index is 0.235. The number of benzene rings is 1. The van der Waals surface area contributed by atoms with Gasteiger partial charge in [-0.15, -0.1) is 4.33 Å². The lowest BCUT2D eigenvalue weighted by atomic mass is 9.76. The molecule has 0 spiro atoms. The van der Waals surface area contributed by atoms with Gasteiger partial charge in [0.25, 0.3) is 0 Å². The van der Waals surface area contributed by atoms with Crippen molar-refractivity contribution >= 4 is 35.5 Å². The second kappa shape index (κ2) is 11.3. The number of rotatable bonds is 8. The van der Waals surface area contributed by atoms with Crippen molar-refractivity contribution in [2.45, 2.75) is 45.1 Å². The monoisotopic (exact) mass is 510 g/mol. The summed E-state index contributed by atoms with van der Waals surface area (Å²) in [4.78, 5) is 14.0. The first kappa shape index (κ1) is 24.5. The first-order chi connectivity index (χ1) is 17.1. The quantitative estimate of drug-likeness (QED) is 0.148. The van der Waals surface area contributed by atoms with Crippen LogP contribution < -0.4 is 0 Å². The van der Waals surface area contributed by atoms with Crippen molar-refractivity contribution in [3.63, 3.8) is 0 Å². The summed E-state index contributed by atoms with van der Waals surface area (Å²) in [6.07, 6.45) is 12.3. The molecule has 0 bridgehead atoms. The van der Waals surface area contributed by atoms with Crippen molar-refractivity contribution in [2.24, 2.45) is 5.92 Å². The van der Waals surface area contributed by atoms with Crippen LogP contribution in [0.5, 0.6) is 0 Å². The third-order valence-corrected chi connectivity index (χ3v) is 8.14. The normalized spacial score (nSPS) is 18.6. The maximum Gasteiger partial charge on any atom is 0.121 e. The Balaban J connectivity index is 1.45. The van der Waals surface area contributed by atoms with Crippen LogP contribution in [0.1, 0.15) is 59.7 Å². The standard InChI is InChI=1S/C27H31ClN4O2S/c1-19-17-29-18-31(19)12-4-5-21-15-22-16-23(28)7-8-24(22)26(27-25(21)6-3-11-30-27)20-9-13-32(14-10-20)35-34-33-2/h3,6-8,11,15-18,20,26H,4-5,9-10,12-14H2,1-2H3. The summed E-state index contributed by atoms with van der Waals surface area (Å²) in [6, 6.07) is 10.7. The van der Waals surface area contributed by atoms with E-state index in [2.05, 4.69) is 51.1 Å². The first-order valence-electron chi connectivity index (χ1n) is 12.2. The second-order valence-corrected chi connectivity index (χ2v) is 10.5. The van der Waals surface area contributed by atoms with Crippen LogP contribution in [0.25, 0.3) is 11.6 Å². The summed E-state index contributed by atoms with van der Waals surface area (Å²) in [6.45, 7) is 4.95. The summed E-state index contributed by atoms with van der Waals surface area (Å²) in [5.41, 5.74) is 7.53. The van der Waals surface area contributed by atoms with Gasteiger partial charge in [0.05, 0.1) is 19.1 Å². The van der Waals surface area contributed by atoms with Gasteiger partial charge >= 0.3 is 0 Å². The SMILES string of the molecule is COOSN1CCC(C2c3ccc(Cl)cc3C=C(CCCn3cncc3C)c3cccnc32)CC1. The van der Waals surface area contributed by atoms with Gasteiger partial charge in [0.15, 0.2) is 0 Å². The Labute approximate surface area is 216 Å². The molecule has 0 amide bonds. The number of piperidine rings is 1. The number of aromatic nitrogens is 3. The van der Waals surface area contributed by atoms with Gasteiger partial charge in [0.1, 0.15) is 12.2 Å². The Bertz CT molecular complexity index is 1190. The Kier molecular flexibility index (Phi) is 7.90. The van der Waals surface area contributed by atoms with Gasteiger partial charge in [-0.2, -0.15) is 0 Å². The zero-order valence-electron chi connectivity index (χ0n) is 20.2. The molecule has 1 aliphatic heterocycles. The van der Waals surface area contributed by atoms with Crippen LogP contribution in [0.3, 0.4) is 0 Å². The Morgan fingerprint density at radius 3 is 2.83 bits per heavy atom. The average molecular weight is 511 g/mol. The van der Waals surface area contributed by atoms with E-state index in [-0.39, 0.29) is 5.92 Å². The van der Waals surface area contributed by atoms with Crippen molar-refractivity contribution < 1.29 is 9.22 Å². The maximum absolute atomic E-state index is 6.49. The highest BCUT2D eigenvalue weighted by molar-refractivity contribution is 7.92. The lowest BCUT2D eigenvalue weighted by Gasteiger charge is -2.35. The molecular weight excluding hydrogens is 480 g/mol. The van der Waals surface area contributed by atoms with Crippen LogP contribution in [0.2, 0.25) is 5.02 Å². The van der Waals surface area contributed by atoms with Crippen molar-refractivity contribution in [1.82, 2.24) is 18.8 Å². The Morgan fingerprint density at radius 2 is 2.06 bits per heavy atom. The van der Waals surface area contributed by atoms with E-state index in [1.165, 1.54) is 53.0 Å². The Morgan fingerprint density at radius 1 is 1.20 bits per heavy atom. The number of halogens is 1. The van der Waals surface area contributed by atoms with E-state index in [4.69, 9.17) is 25.8 Å². The highest BCUT2D eigenvalue weighted by atomic mass is 35.5. The fraction of sp³-hybridized carbons (Fsp3) is 0.407. The first-order valence-corrected chi connectivity index (χ1v) is 13.3. The summed E-state index contributed by atoms with van der Waals surface area (Å²) in [5, 5.41) is 0.772. The molecular formula is C27H31ClN4O2S. The number of allylic oxidation sites excluding steroid dienone is 1. The third kappa shape index (κ3) is 5.49. The number of fused-ring (bicyclic) bond motifs is 2. The molecule has 1 unspecified atom stereocenters. The molecule has 1 atom stereocenters. The largest absolute Gasteiger partial charge is 0.335 e. The van der Waals surface area contributed by atoms with E-state index < -0.39 is 0 Å². The summed E-state index contributed by atoms with van der Waals surface area (Å²) in [5.74, 6) is 0.725. The molecule has 5 rings (SSSR count). The molecule has 1 aromatic carbocycles. The molecule has 1 saturated heterocycles. The molecule has 0 radical (unpaired) electrons. The van der Waals surface area contributed by atoms with Crippen LogP contribution in [-0.2, 0) is 15.8 Å². The second-order valence-electron chi connectivity index (χ2n) is 9.26. The van der Waals surface area contributed by atoms with Gasteiger partial charge in [0, 0.05) is 48.7 Å². The van der Waals surface area contributed by atoms with Crippen LogP contribution in [-0.4, -0.2) is 39.0 Å². The predicted octanol–water partition coefficient (Wildman–Crippen LogP) is 6.56. The molecule has 2 aliphatic rings. The third-order valence-electron chi connectivity index (χ3n) is 7.13. The topological polar surface area (TPSA) is 52.4 Å². The van der Waals surface area contributed by atoms with Crippen LogP contribution in [0, 0.1) is 12.8 Å². The molecule has 184 valence electrons.